The Morgan fingerprint density at radius 1 is 1.50 bits per heavy atom. The fourth-order valence-electron chi connectivity index (χ4n) is 1.03. The summed E-state index contributed by atoms with van der Waals surface area (Å²) in [6.07, 6.45) is 0.614. The monoisotopic (exact) mass is 171 g/mol. The van der Waals surface area contributed by atoms with E-state index in [4.69, 9.17) is 5.73 Å². The molecule has 0 spiro atoms. The minimum Gasteiger partial charge on any atom is -0.380 e. The molecule has 1 rings (SSSR count). The van der Waals surface area contributed by atoms with Gasteiger partial charge in [-0.2, -0.15) is 5.10 Å². The SMILES string of the molecule is CC(C)(C)Cc1[nH]nc(N)c1F. The van der Waals surface area contributed by atoms with Crippen LogP contribution in [0.5, 0.6) is 0 Å². The smallest absolute Gasteiger partial charge is 0.187 e. The van der Waals surface area contributed by atoms with E-state index in [-0.39, 0.29) is 11.2 Å². The van der Waals surface area contributed by atoms with Crippen LogP contribution < -0.4 is 5.73 Å². The zero-order valence-electron chi connectivity index (χ0n) is 7.61. The highest BCUT2D eigenvalue weighted by Crippen LogP contribution is 2.22. The van der Waals surface area contributed by atoms with Crippen LogP contribution in [0.15, 0.2) is 0 Å². The number of rotatable bonds is 1. The number of nitrogen functional groups attached to an aromatic ring is 1. The van der Waals surface area contributed by atoms with Crippen molar-refractivity contribution >= 4 is 5.82 Å². The zero-order chi connectivity index (χ0) is 9.35. The quantitative estimate of drug-likeness (QED) is 0.676. The first-order valence-electron chi connectivity index (χ1n) is 3.88. The standard InChI is InChI=1S/C8H14FN3/c1-8(2,3)4-5-6(9)7(10)12-11-5/h4H2,1-3H3,(H3,10,11,12). The van der Waals surface area contributed by atoms with Crippen molar-refractivity contribution in [3.05, 3.63) is 11.5 Å². The third-order valence-corrected chi connectivity index (χ3v) is 1.51. The molecule has 3 N–H and O–H groups in total. The maximum atomic E-state index is 13.1. The van der Waals surface area contributed by atoms with Gasteiger partial charge in [0.05, 0.1) is 5.69 Å². The predicted molar refractivity (Wildman–Crippen MR) is 46.1 cm³/mol. The Balaban J connectivity index is 2.83. The van der Waals surface area contributed by atoms with Gasteiger partial charge in [-0.3, -0.25) is 5.10 Å². The van der Waals surface area contributed by atoms with E-state index in [2.05, 4.69) is 10.2 Å². The summed E-state index contributed by atoms with van der Waals surface area (Å²) in [5, 5.41) is 6.16. The second kappa shape index (κ2) is 2.77. The van der Waals surface area contributed by atoms with E-state index in [9.17, 15) is 4.39 Å². The van der Waals surface area contributed by atoms with Gasteiger partial charge in [0.2, 0.25) is 0 Å². The van der Waals surface area contributed by atoms with Crippen LogP contribution in [-0.4, -0.2) is 10.2 Å². The molecule has 0 aliphatic carbocycles. The molecule has 1 aromatic rings. The molecule has 0 amide bonds. The fourth-order valence-corrected chi connectivity index (χ4v) is 1.03. The summed E-state index contributed by atoms with van der Waals surface area (Å²) in [6, 6.07) is 0. The summed E-state index contributed by atoms with van der Waals surface area (Å²) in [4.78, 5) is 0. The number of nitrogens with one attached hydrogen (secondary N) is 1. The number of nitrogens with two attached hydrogens (primary N) is 1. The lowest BCUT2D eigenvalue weighted by Gasteiger charge is -2.16. The van der Waals surface area contributed by atoms with Crippen molar-refractivity contribution in [2.45, 2.75) is 27.2 Å². The lowest BCUT2D eigenvalue weighted by Crippen LogP contribution is -2.10. The molecular weight excluding hydrogens is 157 g/mol. The fraction of sp³-hybridized carbons (Fsp3) is 0.625. The van der Waals surface area contributed by atoms with Crippen LogP contribution in [-0.2, 0) is 6.42 Å². The molecule has 0 bridgehead atoms. The van der Waals surface area contributed by atoms with Crippen molar-refractivity contribution in [2.75, 3.05) is 5.73 Å². The number of H-pyrrole nitrogens is 1. The molecule has 0 radical (unpaired) electrons. The number of hydrogen-bond acceptors (Lipinski definition) is 2. The Labute approximate surface area is 71.2 Å². The largest absolute Gasteiger partial charge is 0.380 e. The van der Waals surface area contributed by atoms with E-state index < -0.39 is 5.82 Å². The van der Waals surface area contributed by atoms with Crippen LogP contribution in [0.1, 0.15) is 26.5 Å². The van der Waals surface area contributed by atoms with Gasteiger partial charge in [-0.1, -0.05) is 20.8 Å². The topological polar surface area (TPSA) is 54.7 Å². The maximum Gasteiger partial charge on any atom is 0.187 e. The van der Waals surface area contributed by atoms with E-state index in [0.29, 0.717) is 12.1 Å². The van der Waals surface area contributed by atoms with Crippen molar-refractivity contribution < 1.29 is 4.39 Å². The highest BCUT2D eigenvalue weighted by molar-refractivity contribution is 5.31. The lowest BCUT2D eigenvalue weighted by molar-refractivity contribution is 0.397. The first kappa shape index (κ1) is 9.03. The van der Waals surface area contributed by atoms with Crippen molar-refractivity contribution in [3.8, 4) is 0 Å². The minimum absolute atomic E-state index is 0.0415. The second-order valence-corrected chi connectivity index (χ2v) is 4.14. The average molecular weight is 171 g/mol. The molecular formula is C8H14FN3. The minimum atomic E-state index is -0.412. The van der Waals surface area contributed by atoms with Crippen LogP contribution in [0.25, 0.3) is 0 Å². The molecule has 1 heterocycles. The molecule has 0 aliphatic rings. The van der Waals surface area contributed by atoms with Gasteiger partial charge in [0, 0.05) is 0 Å². The van der Waals surface area contributed by atoms with Gasteiger partial charge in [0.1, 0.15) is 0 Å². The molecule has 12 heavy (non-hydrogen) atoms. The summed E-state index contributed by atoms with van der Waals surface area (Å²) in [5.74, 6) is -0.459. The highest BCUT2D eigenvalue weighted by Gasteiger charge is 2.17. The van der Waals surface area contributed by atoms with Crippen LogP contribution in [0.4, 0.5) is 10.2 Å². The average Bonchev–Trinajstić information content (AvgIpc) is 2.16. The Kier molecular flexibility index (Phi) is 2.08. The Morgan fingerprint density at radius 3 is 2.42 bits per heavy atom. The van der Waals surface area contributed by atoms with Gasteiger partial charge in [-0.25, -0.2) is 4.39 Å². The molecule has 1 aromatic heterocycles. The molecule has 0 aromatic carbocycles. The van der Waals surface area contributed by atoms with Gasteiger partial charge < -0.3 is 5.73 Å². The summed E-state index contributed by atoms with van der Waals surface area (Å²) >= 11 is 0. The van der Waals surface area contributed by atoms with Crippen molar-refractivity contribution in [1.82, 2.24) is 10.2 Å². The summed E-state index contributed by atoms with van der Waals surface area (Å²) < 4.78 is 13.1. The normalized spacial score (nSPS) is 12.0. The first-order valence-corrected chi connectivity index (χ1v) is 3.88. The molecule has 4 heteroatoms. The number of hydrogen-bond donors (Lipinski definition) is 2. The molecule has 68 valence electrons. The molecule has 3 nitrogen and oxygen atoms in total. The van der Waals surface area contributed by atoms with Crippen LogP contribution in [0.3, 0.4) is 0 Å². The van der Waals surface area contributed by atoms with Gasteiger partial charge in [0.15, 0.2) is 11.6 Å². The number of aromatic nitrogens is 2. The number of nitrogens with zero attached hydrogens (tertiary/aromatic N) is 1. The first-order chi connectivity index (χ1) is 5.40. The molecule has 0 saturated heterocycles. The van der Waals surface area contributed by atoms with Crippen molar-refractivity contribution in [3.63, 3.8) is 0 Å². The van der Waals surface area contributed by atoms with Crippen molar-refractivity contribution in [1.29, 1.82) is 0 Å². The third-order valence-electron chi connectivity index (χ3n) is 1.51. The van der Waals surface area contributed by atoms with E-state index in [1.807, 2.05) is 20.8 Å². The molecule has 0 unspecified atom stereocenters. The van der Waals surface area contributed by atoms with Crippen LogP contribution in [0.2, 0.25) is 0 Å². The predicted octanol–water partition coefficient (Wildman–Crippen LogP) is 1.72. The Bertz CT molecular complexity index is 272. The zero-order valence-corrected chi connectivity index (χ0v) is 7.61. The molecule has 0 saturated carbocycles. The highest BCUT2D eigenvalue weighted by atomic mass is 19.1. The summed E-state index contributed by atoms with van der Waals surface area (Å²) in [7, 11) is 0. The van der Waals surface area contributed by atoms with E-state index in [1.54, 1.807) is 0 Å². The van der Waals surface area contributed by atoms with Crippen molar-refractivity contribution in [2.24, 2.45) is 5.41 Å². The van der Waals surface area contributed by atoms with Crippen LogP contribution >= 0.6 is 0 Å². The van der Waals surface area contributed by atoms with Crippen LogP contribution in [0, 0.1) is 11.2 Å². The number of halogens is 1. The summed E-state index contributed by atoms with van der Waals surface area (Å²) in [5.41, 5.74) is 5.77. The van der Waals surface area contributed by atoms with E-state index in [0.717, 1.165) is 0 Å². The van der Waals surface area contributed by atoms with E-state index in [1.165, 1.54) is 0 Å². The number of aromatic amines is 1. The maximum absolute atomic E-state index is 13.1. The molecule has 0 atom stereocenters. The molecule has 0 aliphatic heterocycles. The van der Waals surface area contributed by atoms with Gasteiger partial charge in [0.25, 0.3) is 0 Å². The molecule has 0 fully saturated rings. The van der Waals surface area contributed by atoms with Gasteiger partial charge >= 0.3 is 0 Å². The summed E-state index contributed by atoms with van der Waals surface area (Å²) in [6.45, 7) is 6.09. The Morgan fingerprint density at radius 2 is 2.08 bits per heavy atom. The van der Waals surface area contributed by atoms with E-state index >= 15 is 0 Å². The van der Waals surface area contributed by atoms with Gasteiger partial charge in [-0.05, 0) is 11.8 Å². The second-order valence-electron chi connectivity index (χ2n) is 4.14. The third kappa shape index (κ3) is 1.96. The Hall–Kier alpha value is -1.06. The van der Waals surface area contributed by atoms with Gasteiger partial charge in [-0.15, -0.1) is 0 Å². The number of anilines is 1. The lowest BCUT2D eigenvalue weighted by atomic mass is 9.90.